The van der Waals surface area contributed by atoms with Gasteiger partial charge in [-0.1, -0.05) is 6.07 Å². The van der Waals surface area contributed by atoms with Crippen LogP contribution in [0.15, 0.2) is 41.1 Å². The van der Waals surface area contributed by atoms with Crippen molar-refractivity contribution in [3.63, 3.8) is 0 Å². The van der Waals surface area contributed by atoms with Gasteiger partial charge in [0, 0.05) is 31.4 Å². The van der Waals surface area contributed by atoms with Gasteiger partial charge in [-0.15, -0.1) is 0 Å². The number of nitrogens with zero attached hydrogens (tertiary/aromatic N) is 1. The molecule has 6 heteroatoms. The van der Waals surface area contributed by atoms with Crippen molar-refractivity contribution >= 4 is 29.0 Å². The molecule has 0 radical (unpaired) electrons. The molecule has 2 aromatic rings. The molecule has 0 fully saturated rings. The first-order valence-corrected chi connectivity index (χ1v) is 7.96. The van der Waals surface area contributed by atoms with Gasteiger partial charge in [-0.3, -0.25) is 4.79 Å². The van der Waals surface area contributed by atoms with Gasteiger partial charge in [0.1, 0.15) is 0 Å². The largest absolute Gasteiger partial charge is 0.352 e. The molecule has 1 heterocycles. The Morgan fingerprint density at radius 3 is 2.77 bits per heavy atom. The molecular formula is C16H19N3O2S. The molecule has 5 nitrogen and oxygen atoms in total. The Bertz CT molecular complexity index is 641. The van der Waals surface area contributed by atoms with Crippen LogP contribution < -0.4 is 10.6 Å². The van der Waals surface area contributed by atoms with E-state index in [1.165, 1.54) is 0 Å². The summed E-state index contributed by atoms with van der Waals surface area (Å²) in [4.78, 5) is 25.6. The van der Waals surface area contributed by atoms with Crippen molar-refractivity contribution in [1.29, 1.82) is 0 Å². The number of rotatable bonds is 5. The van der Waals surface area contributed by atoms with Crippen molar-refractivity contribution in [1.82, 2.24) is 10.2 Å². The third kappa shape index (κ3) is 4.33. The van der Waals surface area contributed by atoms with Gasteiger partial charge in [0.2, 0.25) is 0 Å². The Kier molecular flexibility index (Phi) is 5.55. The van der Waals surface area contributed by atoms with Crippen molar-refractivity contribution < 1.29 is 9.59 Å². The van der Waals surface area contributed by atoms with Crippen LogP contribution in [0.3, 0.4) is 0 Å². The summed E-state index contributed by atoms with van der Waals surface area (Å²) in [5, 5.41) is 9.53. The number of hydrogen-bond donors (Lipinski definition) is 2. The van der Waals surface area contributed by atoms with Gasteiger partial charge in [0.25, 0.3) is 5.91 Å². The highest BCUT2D eigenvalue weighted by Crippen LogP contribution is 2.13. The molecule has 0 atom stereocenters. The molecule has 0 bridgehead atoms. The van der Waals surface area contributed by atoms with E-state index in [4.69, 9.17) is 0 Å². The third-order valence-corrected chi connectivity index (χ3v) is 3.79. The number of nitrogens with one attached hydrogen (secondary N) is 2. The molecule has 2 rings (SSSR count). The molecule has 1 aromatic carbocycles. The number of carbonyl (C=O) groups excluding carboxylic acids is 2. The van der Waals surface area contributed by atoms with Gasteiger partial charge in [-0.05, 0) is 47.5 Å². The zero-order valence-electron chi connectivity index (χ0n) is 12.6. The minimum Gasteiger partial charge on any atom is -0.352 e. The molecule has 2 N–H and O–H groups in total. The lowest BCUT2D eigenvalue weighted by Crippen LogP contribution is -2.30. The number of thiophene rings is 1. The number of urea groups is 1. The fourth-order valence-corrected chi connectivity index (χ4v) is 2.61. The lowest BCUT2D eigenvalue weighted by atomic mass is 10.2. The monoisotopic (exact) mass is 317 g/mol. The second-order valence-electron chi connectivity index (χ2n) is 4.86. The Labute approximate surface area is 134 Å². The normalized spacial score (nSPS) is 10.1. The van der Waals surface area contributed by atoms with E-state index in [2.05, 4.69) is 10.6 Å². The van der Waals surface area contributed by atoms with Crippen LogP contribution in [0.4, 0.5) is 10.5 Å². The van der Waals surface area contributed by atoms with Crippen LogP contribution >= 0.6 is 11.3 Å². The van der Waals surface area contributed by atoms with Gasteiger partial charge >= 0.3 is 6.03 Å². The molecule has 0 saturated heterocycles. The first-order valence-electron chi connectivity index (χ1n) is 7.01. The van der Waals surface area contributed by atoms with Crippen LogP contribution in [0.2, 0.25) is 0 Å². The molecule has 1 aromatic heterocycles. The van der Waals surface area contributed by atoms with Gasteiger partial charge in [-0.2, -0.15) is 11.3 Å². The highest BCUT2D eigenvalue weighted by atomic mass is 32.1. The lowest BCUT2D eigenvalue weighted by Gasteiger charge is -2.17. The topological polar surface area (TPSA) is 61.4 Å². The Morgan fingerprint density at radius 1 is 1.27 bits per heavy atom. The predicted molar refractivity (Wildman–Crippen MR) is 89.3 cm³/mol. The number of carbonyl (C=O) groups is 2. The predicted octanol–water partition coefficient (Wildman–Crippen LogP) is 3.16. The summed E-state index contributed by atoms with van der Waals surface area (Å²) < 4.78 is 0. The smallest absolute Gasteiger partial charge is 0.321 e. The van der Waals surface area contributed by atoms with Crippen LogP contribution in [-0.2, 0) is 6.54 Å². The second kappa shape index (κ2) is 7.61. The lowest BCUT2D eigenvalue weighted by molar-refractivity contribution is 0.0956. The van der Waals surface area contributed by atoms with Gasteiger partial charge < -0.3 is 15.5 Å². The highest BCUT2D eigenvalue weighted by molar-refractivity contribution is 7.07. The zero-order valence-corrected chi connectivity index (χ0v) is 13.4. The summed E-state index contributed by atoms with van der Waals surface area (Å²) in [6.45, 7) is 2.98. The number of anilines is 1. The molecule has 3 amide bonds. The molecule has 0 spiro atoms. The van der Waals surface area contributed by atoms with Crippen LogP contribution in [0.1, 0.15) is 22.8 Å². The van der Waals surface area contributed by atoms with Crippen molar-refractivity contribution in [2.45, 2.75) is 13.5 Å². The molecule has 0 aliphatic rings. The summed E-state index contributed by atoms with van der Waals surface area (Å²) in [5.74, 6) is -0.148. The summed E-state index contributed by atoms with van der Waals surface area (Å²) >= 11 is 1.60. The summed E-state index contributed by atoms with van der Waals surface area (Å²) in [6, 6.07) is 8.68. The van der Waals surface area contributed by atoms with Crippen molar-refractivity contribution in [3.8, 4) is 0 Å². The quantitative estimate of drug-likeness (QED) is 0.890. The highest BCUT2D eigenvalue weighted by Gasteiger charge is 2.11. The van der Waals surface area contributed by atoms with Crippen molar-refractivity contribution in [2.24, 2.45) is 0 Å². The Hall–Kier alpha value is -2.34. The van der Waals surface area contributed by atoms with E-state index in [1.54, 1.807) is 47.5 Å². The Morgan fingerprint density at radius 2 is 2.09 bits per heavy atom. The van der Waals surface area contributed by atoms with E-state index >= 15 is 0 Å². The maximum Gasteiger partial charge on any atom is 0.321 e. The van der Waals surface area contributed by atoms with E-state index < -0.39 is 0 Å². The maximum atomic E-state index is 12.2. The Balaban J connectivity index is 1.99. The van der Waals surface area contributed by atoms with Gasteiger partial charge in [0.05, 0.1) is 0 Å². The zero-order chi connectivity index (χ0) is 15.9. The summed E-state index contributed by atoms with van der Waals surface area (Å²) in [7, 11) is 1.74. The van der Waals surface area contributed by atoms with Crippen molar-refractivity contribution in [3.05, 3.63) is 52.2 Å². The van der Waals surface area contributed by atoms with E-state index in [9.17, 15) is 9.59 Å². The second-order valence-corrected chi connectivity index (χ2v) is 5.64. The number of amides is 3. The van der Waals surface area contributed by atoms with E-state index in [0.717, 1.165) is 5.56 Å². The summed E-state index contributed by atoms with van der Waals surface area (Å²) in [5.41, 5.74) is 2.23. The number of benzene rings is 1. The first-order chi connectivity index (χ1) is 10.6. The molecular weight excluding hydrogens is 298 g/mol. The summed E-state index contributed by atoms with van der Waals surface area (Å²) in [6.07, 6.45) is 0. The SMILES string of the molecule is CCNC(=O)c1cccc(NC(=O)N(C)Cc2ccsc2)c1. The van der Waals surface area contributed by atoms with E-state index in [-0.39, 0.29) is 11.9 Å². The minimum absolute atomic E-state index is 0.148. The van der Waals surface area contributed by atoms with Crippen LogP contribution in [0.25, 0.3) is 0 Å². The van der Waals surface area contributed by atoms with Gasteiger partial charge in [0.15, 0.2) is 0 Å². The fraction of sp³-hybridized carbons (Fsp3) is 0.250. The van der Waals surface area contributed by atoms with Crippen LogP contribution in [0.5, 0.6) is 0 Å². The minimum atomic E-state index is -0.209. The van der Waals surface area contributed by atoms with Crippen LogP contribution in [-0.4, -0.2) is 30.4 Å². The molecule has 0 unspecified atom stereocenters. The molecule has 116 valence electrons. The molecule has 0 saturated carbocycles. The van der Waals surface area contributed by atoms with Gasteiger partial charge in [-0.25, -0.2) is 4.79 Å². The molecule has 0 aliphatic carbocycles. The van der Waals surface area contributed by atoms with E-state index in [0.29, 0.717) is 24.3 Å². The van der Waals surface area contributed by atoms with Crippen molar-refractivity contribution in [2.75, 3.05) is 18.9 Å². The van der Waals surface area contributed by atoms with E-state index in [1.807, 2.05) is 23.8 Å². The fourth-order valence-electron chi connectivity index (χ4n) is 1.95. The molecule has 0 aliphatic heterocycles. The average Bonchev–Trinajstić information content (AvgIpc) is 3.00. The van der Waals surface area contributed by atoms with Crippen LogP contribution in [0, 0.1) is 0 Å². The average molecular weight is 317 g/mol. The molecule has 22 heavy (non-hydrogen) atoms. The standard InChI is InChI=1S/C16H19N3O2S/c1-3-17-15(20)13-5-4-6-14(9-13)18-16(21)19(2)10-12-7-8-22-11-12/h4-9,11H,3,10H2,1-2H3,(H,17,20)(H,18,21). The third-order valence-electron chi connectivity index (χ3n) is 3.06. The first kappa shape index (κ1) is 16.0. The maximum absolute atomic E-state index is 12.2. The number of hydrogen-bond acceptors (Lipinski definition) is 3.